The largest absolute Gasteiger partial charge is 0.416 e. The van der Waals surface area contributed by atoms with E-state index in [1.807, 2.05) is 27.0 Å². The van der Waals surface area contributed by atoms with E-state index in [1.54, 1.807) is 6.07 Å². The Morgan fingerprint density at radius 1 is 1.31 bits per heavy atom. The number of nitrogens with one attached hydrogen (secondary N) is 1. The van der Waals surface area contributed by atoms with E-state index in [4.69, 9.17) is 0 Å². The van der Waals surface area contributed by atoms with Crippen molar-refractivity contribution < 1.29 is 13.2 Å². The van der Waals surface area contributed by atoms with Crippen LogP contribution in [-0.2, 0) is 6.18 Å². The summed E-state index contributed by atoms with van der Waals surface area (Å²) in [6.45, 7) is 7.33. The van der Waals surface area contributed by atoms with Crippen LogP contribution >= 0.6 is 0 Å². The summed E-state index contributed by atoms with van der Waals surface area (Å²) in [5.41, 5.74) is 1.84. The zero-order valence-corrected chi connectivity index (χ0v) is 15.1. The molecule has 140 valence electrons. The lowest BCUT2D eigenvalue weighted by Crippen LogP contribution is -2.56. The maximum atomic E-state index is 13.1. The van der Waals surface area contributed by atoms with E-state index >= 15 is 0 Å². The molecular weight excluding hydrogens is 341 g/mol. The van der Waals surface area contributed by atoms with Crippen LogP contribution in [0.2, 0.25) is 0 Å². The number of fused-ring (bicyclic) bond motifs is 1. The Hall–Kier alpha value is -2.31. The molecule has 4 nitrogen and oxygen atoms in total. The van der Waals surface area contributed by atoms with Crippen molar-refractivity contribution in [2.45, 2.75) is 39.5 Å². The van der Waals surface area contributed by atoms with E-state index in [0.717, 1.165) is 23.9 Å². The van der Waals surface area contributed by atoms with Crippen molar-refractivity contribution in [3.8, 4) is 0 Å². The van der Waals surface area contributed by atoms with Crippen LogP contribution in [0.3, 0.4) is 0 Å². The summed E-state index contributed by atoms with van der Waals surface area (Å²) in [6, 6.07) is 5.54. The van der Waals surface area contributed by atoms with Gasteiger partial charge in [-0.1, -0.05) is 12.1 Å². The highest BCUT2D eigenvalue weighted by molar-refractivity contribution is 6.01. The van der Waals surface area contributed by atoms with E-state index < -0.39 is 11.7 Å². The molecule has 0 saturated carbocycles. The van der Waals surface area contributed by atoms with Gasteiger partial charge >= 0.3 is 6.18 Å². The molecular formula is C19H23F3N4. The van der Waals surface area contributed by atoms with Gasteiger partial charge in [0, 0.05) is 30.9 Å². The lowest BCUT2D eigenvalue weighted by atomic mass is 9.85. The second-order valence-electron chi connectivity index (χ2n) is 6.51. The van der Waals surface area contributed by atoms with Crippen LogP contribution in [0.5, 0.6) is 0 Å². The molecule has 0 saturated heterocycles. The first-order chi connectivity index (χ1) is 12.3. The number of alkyl halides is 3. The molecule has 2 unspecified atom stereocenters. The van der Waals surface area contributed by atoms with Crippen molar-refractivity contribution in [1.82, 2.24) is 10.2 Å². The molecule has 0 aliphatic carbocycles. The maximum absolute atomic E-state index is 13.1. The third-order valence-corrected chi connectivity index (χ3v) is 4.83. The summed E-state index contributed by atoms with van der Waals surface area (Å²) < 4.78 is 39.2. The average Bonchev–Trinajstić information content (AvgIpc) is 2.61. The van der Waals surface area contributed by atoms with Crippen LogP contribution in [0.1, 0.15) is 38.3 Å². The van der Waals surface area contributed by atoms with Crippen LogP contribution < -0.4 is 5.32 Å². The van der Waals surface area contributed by atoms with Crippen molar-refractivity contribution in [1.29, 1.82) is 0 Å². The topological polar surface area (TPSA) is 40.0 Å². The van der Waals surface area contributed by atoms with E-state index in [2.05, 4.69) is 20.2 Å². The summed E-state index contributed by atoms with van der Waals surface area (Å²) in [6.07, 6.45) is -1.71. The minimum absolute atomic E-state index is 0.0253. The minimum atomic E-state index is -4.34. The summed E-state index contributed by atoms with van der Waals surface area (Å²) in [5.74, 6) is 0.723. The molecule has 1 aromatic rings. The number of guanidine groups is 1. The van der Waals surface area contributed by atoms with E-state index in [0.29, 0.717) is 24.5 Å². The van der Waals surface area contributed by atoms with Gasteiger partial charge in [-0.25, -0.2) is 4.99 Å². The molecule has 0 spiro atoms. The summed E-state index contributed by atoms with van der Waals surface area (Å²) >= 11 is 0. The smallest absolute Gasteiger partial charge is 0.357 e. The fourth-order valence-electron chi connectivity index (χ4n) is 3.49. The van der Waals surface area contributed by atoms with Crippen molar-refractivity contribution in [3.63, 3.8) is 0 Å². The third kappa shape index (κ3) is 3.61. The molecule has 1 aromatic carbocycles. The third-order valence-electron chi connectivity index (χ3n) is 4.83. The standard InChI is InChI=1S/C19H23F3N4/c1-4-23-18-24-12(3)16-10-14(11-26(5-2)17(16)25-18)13-7-6-8-15(9-13)19(20,21)22/h6-9,11,16-17H,4-5,10H2,1-3H3,(H,23,25). The van der Waals surface area contributed by atoms with Crippen molar-refractivity contribution in [2.24, 2.45) is 15.9 Å². The molecule has 26 heavy (non-hydrogen) atoms. The molecule has 3 rings (SSSR count). The Morgan fingerprint density at radius 3 is 2.73 bits per heavy atom. The molecule has 2 aliphatic rings. The first kappa shape index (κ1) is 18.5. The fourth-order valence-corrected chi connectivity index (χ4v) is 3.49. The number of halogens is 3. The van der Waals surface area contributed by atoms with Gasteiger partial charge in [-0.2, -0.15) is 13.2 Å². The molecule has 0 aromatic heterocycles. The molecule has 2 aliphatic heterocycles. The van der Waals surface area contributed by atoms with Crippen LogP contribution in [0.15, 0.2) is 40.5 Å². The number of benzene rings is 1. The van der Waals surface area contributed by atoms with Crippen LogP contribution in [0.25, 0.3) is 5.57 Å². The predicted octanol–water partition coefficient (Wildman–Crippen LogP) is 4.15. The van der Waals surface area contributed by atoms with Gasteiger partial charge < -0.3 is 10.2 Å². The van der Waals surface area contributed by atoms with Crippen LogP contribution in [-0.4, -0.2) is 35.8 Å². The molecule has 0 amide bonds. The lowest BCUT2D eigenvalue weighted by Gasteiger charge is -2.43. The Kier molecular flexibility index (Phi) is 5.07. The molecule has 0 bridgehead atoms. The number of nitrogens with zero attached hydrogens (tertiary/aromatic N) is 3. The van der Waals surface area contributed by atoms with Gasteiger partial charge in [0.25, 0.3) is 0 Å². The molecule has 2 heterocycles. The van der Waals surface area contributed by atoms with Gasteiger partial charge in [-0.3, -0.25) is 4.99 Å². The van der Waals surface area contributed by atoms with E-state index in [-0.39, 0.29) is 12.1 Å². The molecule has 0 radical (unpaired) electrons. The van der Waals surface area contributed by atoms with Gasteiger partial charge in [0.05, 0.1) is 5.56 Å². The number of aliphatic imine (C=N–C) groups is 2. The lowest BCUT2D eigenvalue weighted by molar-refractivity contribution is -0.137. The number of hydrogen-bond acceptors (Lipinski definition) is 2. The summed E-state index contributed by atoms with van der Waals surface area (Å²) in [5, 5.41) is 3.36. The monoisotopic (exact) mass is 364 g/mol. The molecule has 0 fully saturated rings. The highest BCUT2D eigenvalue weighted by Crippen LogP contribution is 2.36. The Morgan fingerprint density at radius 2 is 2.08 bits per heavy atom. The van der Waals surface area contributed by atoms with Gasteiger partial charge in [0.1, 0.15) is 6.17 Å². The average molecular weight is 364 g/mol. The highest BCUT2D eigenvalue weighted by Gasteiger charge is 2.37. The SMILES string of the molecule is CCN=C1N=C(C)C2CC(c3cccc(C(F)(F)F)c3)=CN(CC)C2N1. The quantitative estimate of drug-likeness (QED) is 0.875. The van der Waals surface area contributed by atoms with Crippen molar-refractivity contribution in [2.75, 3.05) is 13.1 Å². The van der Waals surface area contributed by atoms with Crippen LogP contribution in [0, 0.1) is 5.92 Å². The Balaban J connectivity index is 1.95. The highest BCUT2D eigenvalue weighted by atomic mass is 19.4. The van der Waals surface area contributed by atoms with Gasteiger partial charge in [-0.15, -0.1) is 0 Å². The summed E-state index contributed by atoms with van der Waals surface area (Å²) in [7, 11) is 0. The van der Waals surface area contributed by atoms with Crippen molar-refractivity contribution >= 4 is 17.2 Å². The van der Waals surface area contributed by atoms with Gasteiger partial charge in [0.15, 0.2) is 0 Å². The van der Waals surface area contributed by atoms with Crippen LogP contribution in [0.4, 0.5) is 13.2 Å². The Labute approximate surface area is 151 Å². The normalized spacial score (nSPS) is 24.7. The zero-order valence-electron chi connectivity index (χ0n) is 15.1. The first-order valence-corrected chi connectivity index (χ1v) is 8.83. The number of allylic oxidation sites excluding steroid dienone is 1. The predicted molar refractivity (Wildman–Crippen MR) is 97.9 cm³/mol. The minimum Gasteiger partial charge on any atom is -0.357 e. The summed E-state index contributed by atoms with van der Waals surface area (Å²) in [4.78, 5) is 11.0. The zero-order chi connectivity index (χ0) is 18.9. The second-order valence-corrected chi connectivity index (χ2v) is 6.51. The van der Waals surface area contributed by atoms with Gasteiger partial charge in [0.2, 0.25) is 5.96 Å². The maximum Gasteiger partial charge on any atom is 0.416 e. The first-order valence-electron chi connectivity index (χ1n) is 8.83. The van der Waals surface area contributed by atoms with Crippen molar-refractivity contribution in [3.05, 3.63) is 41.6 Å². The van der Waals surface area contributed by atoms with E-state index in [1.165, 1.54) is 12.1 Å². The number of rotatable bonds is 3. The Bertz CT molecular complexity index is 764. The fraction of sp³-hybridized carbons (Fsp3) is 0.474. The molecule has 2 atom stereocenters. The number of hydrogen-bond donors (Lipinski definition) is 1. The second kappa shape index (κ2) is 7.13. The van der Waals surface area contributed by atoms with Gasteiger partial charge in [-0.05, 0) is 50.5 Å². The molecule has 1 N–H and O–H groups in total. The molecule has 7 heteroatoms. The van der Waals surface area contributed by atoms with E-state index in [9.17, 15) is 13.2 Å².